The van der Waals surface area contributed by atoms with E-state index < -0.39 is 0 Å². The third-order valence-corrected chi connectivity index (χ3v) is 5.33. The molecule has 2 aliphatic heterocycles. The third kappa shape index (κ3) is 3.79. The summed E-state index contributed by atoms with van der Waals surface area (Å²) in [5.74, 6) is -0.141. The van der Waals surface area contributed by atoms with Gasteiger partial charge in [-0.15, -0.1) is 0 Å². The van der Waals surface area contributed by atoms with Crippen molar-refractivity contribution in [2.75, 3.05) is 6.54 Å². The van der Waals surface area contributed by atoms with E-state index >= 15 is 0 Å². The molecule has 136 valence electrons. The molecule has 2 aromatic carbocycles. The highest BCUT2D eigenvalue weighted by Gasteiger charge is 2.30. The fraction of sp³-hybridized carbons (Fsp3) is 0.381. The Morgan fingerprint density at radius 3 is 2.73 bits per heavy atom. The zero-order valence-electron chi connectivity index (χ0n) is 14.8. The smallest absolute Gasteiger partial charge is 0.237 e. The normalized spacial score (nSPS) is 19.5. The summed E-state index contributed by atoms with van der Waals surface area (Å²) in [5.41, 5.74) is 4.86. The van der Waals surface area contributed by atoms with E-state index in [1.807, 2.05) is 0 Å². The predicted molar refractivity (Wildman–Crippen MR) is 98.7 cm³/mol. The zero-order chi connectivity index (χ0) is 17.9. The number of likely N-dealkylation sites (tertiary alicyclic amines) is 1. The SMILES string of the molecule is O=C(NCc1ccc2c(c1)CNC2)C1CCCN1Cc1ccc(F)cc1. The molecule has 2 aliphatic rings. The molecule has 26 heavy (non-hydrogen) atoms. The maximum atomic E-state index is 13.1. The standard InChI is InChI=1S/C21H24FN3O/c22-19-7-4-15(5-8-19)14-25-9-1-2-20(25)21(26)24-11-16-3-6-17-12-23-13-18(17)10-16/h3-8,10,20,23H,1-2,9,11-14H2,(H,24,26). The number of carbonyl (C=O) groups excluding carboxylic acids is 1. The summed E-state index contributed by atoms with van der Waals surface area (Å²) in [6.45, 7) is 3.99. The van der Waals surface area contributed by atoms with Crippen LogP contribution in [0.1, 0.15) is 35.1 Å². The quantitative estimate of drug-likeness (QED) is 0.869. The van der Waals surface area contributed by atoms with Crippen LogP contribution in [0.3, 0.4) is 0 Å². The Kier molecular flexibility index (Phi) is 5.00. The molecule has 1 saturated heterocycles. The number of hydrogen-bond acceptors (Lipinski definition) is 3. The van der Waals surface area contributed by atoms with Crippen molar-refractivity contribution in [3.8, 4) is 0 Å². The van der Waals surface area contributed by atoms with Crippen molar-refractivity contribution in [2.24, 2.45) is 0 Å². The van der Waals surface area contributed by atoms with Gasteiger partial charge in [0.2, 0.25) is 5.91 Å². The lowest BCUT2D eigenvalue weighted by molar-refractivity contribution is -0.125. The molecule has 2 aromatic rings. The predicted octanol–water partition coefficient (Wildman–Crippen LogP) is 2.71. The van der Waals surface area contributed by atoms with Gasteiger partial charge in [-0.05, 0) is 53.8 Å². The Balaban J connectivity index is 1.35. The van der Waals surface area contributed by atoms with Crippen LogP contribution in [-0.4, -0.2) is 23.4 Å². The van der Waals surface area contributed by atoms with Gasteiger partial charge >= 0.3 is 0 Å². The van der Waals surface area contributed by atoms with Crippen LogP contribution in [0.2, 0.25) is 0 Å². The second-order valence-corrected chi connectivity index (χ2v) is 7.18. The van der Waals surface area contributed by atoms with Crippen LogP contribution < -0.4 is 10.6 Å². The molecular weight excluding hydrogens is 329 g/mol. The molecular formula is C21H24FN3O. The van der Waals surface area contributed by atoms with E-state index in [-0.39, 0.29) is 17.8 Å². The fourth-order valence-corrected chi connectivity index (χ4v) is 3.90. The molecule has 0 radical (unpaired) electrons. The molecule has 0 saturated carbocycles. The van der Waals surface area contributed by atoms with E-state index in [9.17, 15) is 9.18 Å². The van der Waals surface area contributed by atoms with Crippen LogP contribution in [0.4, 0.5) is 4.39 Å². The van der Waals surface area contributed by atoms with E-state index in [1.54, 1.807) is 12.1 Å². The molecule has 0 aliphatic carbocycles. The molecule has 1 fully saturated rings. The number of benzene rings is 2. The van der Waals surface area contributed by atoms with Crippen LogP contribution >= 0.6 is 0 Å². The Labute approximate surface area is 153 Å². The van der Waals surface area contributed by atoms with Gasteiger partial charge in [-0.25, -0.2) is 4.39 Å². The van der Waals surface area contributed by atoms with Gasteiger partial charge < -0.3 is 10.6 Å². The highest BCUT2D eigenvalue weighted by Crippen LogP contribution is 2.21. The Hall–Kier alpha value is -2.24. The summed E-state index contributed by atoms with van der Waals surface area (Å²) in [6.07, 6.45) is 1.89. The second-order valence-electron chi connectivity index (χ2n) is 7.18. The Morgan fingerprint density at radius 2 is 1.88 bits per heavy atom. The van der Waals surface area contributed by atoms with E-state index in [0.717, 1.165) is 43.6 Å². The largest absolute Gasteiger partial charge is 0.351 e. The van der Waals surface area contributed by atoms with Crippen LogP contribution in [0.5, 0.6) is 0 Å². The molecule has 1 unspecified atom stereocenters. The van der Waals surface area contributed by atoms with E-state index in [0.29, 0.717) is 13.1 Å². The van der Waals surface area contributed by atoms with Crippen LogP contribution in [0.15, 0.2) is 42.5 Å². The van der Waals surface area contributed by atoms with Gasteiger partial charge in [-0.1, -0.05) is 30.3 Å². The average Bonchev–Trinajstić information content (AvgIpc) is 3.30. The maximum absolute atomic E-state index is 13.1. The fourth-order valence-electron chi connectivity index (χ4n) is 3.90. The molecule has 5 heteroatoms. The number of amides is 1. The molecule has 4 rings (SSSR count). The first kappa shape index (κ1) is 17.2. The summed E-state index contributed by atoms with van der Waals surface area (Å²) in [6, 6.07) is 12.9. The first-order valence-corrected chi connectivity index (χ1v) is 9.26. The number of fused-ring (bicyclic) bond motifs is 1. The lowest BCUT2D eigenvalue weighted by Crippen LogP contribution is -2.42. The number of halogens is 1. The molecule has 0 spiro atoms. The van der Waals surface area contributed by atoms with Crippen molar-refractivity contribution in [1.82, 2.24) is 15.5 Å². The van der Waals surface area contributed by atoms with Gasteiger partial charge in [0.25, 0.3) is 0 Å². The molecule has 0 aromatic heterocycles. The van der Waals surface area contributed by atoms with E-state index in [2.05, 4.69) is 33.7 Å². The number of nitrogens with zero attached hydrogens (tertiary/aromatic N) is 1. The molecule has 1 amide bonds. The van der Waals surface area contributed by atoms with Gasteiger partial charge in [0.05, 0.1) is 6.04 Å². The Bertz CT molecular complexity index is 790. The van der Waals surface area contributed by atoms with Crippen LogP contribution in [0.25, 0.3) is 0 Å². The highest BCUT2D eigenvalue weighted by molar-refractivity contribution is 5.82. The third-order valence-electron chi connectivity index (χ3n) is 5.33. The van der Waals surface area contributed by atoms with Gasteiger partial charge in [0.1, 0.15) is 5.82 Å². The number of hydrogen-bond donors (Lipinski definition) is 2. The highest BCUT2D eigenvalue weighted by atomic mass is 19.1. The minimum absolute atomic E-state index is 0.0863. The van der Waals surface area contributed by atoms with E-state index in [1.165, 1.54) is 23.3 Å². The van der Waals surface area contributed by atoms with Crippen LogP contribution in [-0.2, 0) is 31.0 Å². The van der Waals surface area contributed by atoms with E-state index in [4.69, 9.17) is 0 Å². The monoisotopic (exact) mass is 353 g/mol. The van der Waals surface area contributed by atoms with Gasteiger partial charge in [0, 0.05) is 26.2 Å². The number of rotatable bonds is 5. The molecule has 2 heterocycles. The second kappa shape index (κ2) is 7.56. The van der Waals surface area contributed by atoms with Crippen molar-refractivity contribution >= 4 is 5.91 Å². The summed E-state index contributed by atoms with van der Waals surface area (Å²) >= 11 is 0. The molecule has 2 N–H and O–H groups in total. The van der Waals surface area contributed by atoms with Crippen molar-refractivity contribution in [3.63, 3.8) is 0 Å². The molecule has 4 nitrogen and oxygen atoms in total. The first-order valence-electron chi connectivity index (χ1n) is 9.26. The van der Waals surface area contributed by atoms with Crippen molar-refractivity contribution in [2.45, 2.75) is 45.1 Å². The van der Waals surface area contributed by atoms with Gasteiger partial charge in [-0.3, -0.25) is 9.69 Å². The summed E-state index contributed by atoms with van der Waals surface area (Å²) in [4.78, 5) is 14.9. The molecule has 1 atom stereocenters. The minimum Gasteiger partial charge on any atom is -0.351 e. The summed E-state index contributed by atoms with van der Waals surface area (Å²) in [7, 11) is 0. The lowest BCUT2D eigenvalue weighted by atomic mass is 10.1. The average molecular weight is 353 g/mol. The van der Waals surface area contributed by atoms with Crippen molar-refractivity contribution in [1.29, 1.82) is 0 Å². The Morgan fingerprint density at radius 1 is 1.12 bits per heavy atom. The molecule has 0 bridgehead atoms. The van der Waals surface area contributed by atoms with Gasteiger partial charge in [-0.2, -0.15) is 0 Å². The lowest BCUT2D eigenvalue weighted by Gasteiger charge is -2.23. The topological polar surface area (TPSA) is 44.4 Å². The van der Waals surface area contributed by atoms with Gasteiger partial charge in [0.15, 0.2) is 0 Å². The summed E-state index contributed by atoms with van der Waals surface area (Å²) < 4.78 is 13.1. The van der Waals surface area contributed by atoms with Crippen molar-refractivity contribution in [3.05, 3.63) is 70.5 Å². The maximum Gasteiger partial charge on any atom is 0.237 e. The van der Waals surface area contributed by atoms with Crippen molar-refractivity contribution < 1.29 is 9.18 Å². The summed E-state index contributed by atoms with van der Waals surface area (Å²) in [5, 5.41) is 6.44. The minimum atomic E-state index is -0.228. The zero-order valence-corrected chi connectivity index (χ0v) is 14.8. The number of nitrogens with one attached hydrogen (secondary N) is 2. The first-order chi connectivity index (χ1) is 12.7. The van der Waals surface area contributed by atoms with Crippen LogP contribution in [0, 0.1) is 5.82 Å². The number of carbonyl (C=O) groups is 1.